The molecule has 9 nitrogen and oxygen atoms in total. The van der Waals surface area contributed by atoms with Gasteiger partial charge in [-0.25, -0.2) is 9.50 Å². The number of fused-ring (bicyclic) bond motifs is 1. The van der Waals surface area contributed by atoms with E-state index in [1.807, 2.05) is 30.8 Å². The molecule has 4 rings (SSSR count). The van der Waals surface area contributed by atoms with E-state index in [4.69, 9.17) is 0 Å². The van der Waals surface area contributed by atoms with E-state index in [2.05, 4.69) is 25.6 Å². The van der Waals surface area contributed by atoms with E-state index >= 15 is 0 Å². The quantitative estimate of drug-likeness (QED) is 0.607. The summed E-state index contributed by atoms with van der Waals surface area (Å²) >= 11 is 0. The Labute approximate surface area is 149 Å². The number of carbonyl (C=O) groups excluding carboxylic acids is 1. The van der Waals surface area contributed by atoms with Gasteiger partial charge in [0.05, 0.1) is 11.9 Å². The van der Waals surface area contributed by atoms with Gasteiger partial charge in [-0.05, 0) is 19.9 Å². The van der Waals surface area contributed by atoms with Crippen LogP contribution in [0.25, 0.3) is 16.9 Å². The maximum Gasteiger partial charge on any atom is 0.277 e. The predicted molar refractivity (Wildman–Crippen MR) is 95.8 cm³/mol. The Bertz CT molecular complexity index is 1100. The highest BCUT2D eigenvalue weighted by Gasteiger charge is 2.17. The number of nitrogens with one attached hydrogen (secondary N) is 1. The maximum atomic E-state index is 12.5. The number of rotatable bonds is 4. The summed E-state index contributed by atoms with van der Waals surface area (Å²) in [6.45, 7) is 4.84. The lowest BCUT2D eigenvalue weighted by molar-refractivity contribution is 0.102. The minimum absolute atomic E-state index is 0.274. The number of anilines is 1. The molecule has 0 aromatic carbocycles. The summed E-state index contributed by atoms with van der Waals surface area (Å²) in [5.41, 5.74) is 3.70. The van der Waals surface area contributed by atoms with Crippen LogP contribution in [0.3, 0.4) is 0 Å². The summed E-state index contributed by atoms with van der Waals surface area (Å²) in [5, 5.41) is 15.7. The fraction of sp³-hybridized carbons (Fsp3) is 0.235. The number of aryl methyl sites for hydroxylation is 2. The highest BCUT2D eigenvalue weighted by Crippen LogP contribution is 2.23. The van der Waals surface area contributed by atoms with Crippen LogP contribution >= 0.6 is 0 Å². The first-order valence-corrected chi connectivity index (χ1v) is 8.25. The number of carbonyl (C=O) groups is 1. The van der Waals surface area contributed by atoms with E-state index in [1.54, 1.807) is 40.8 Å². The second-order valence-corrected chi connectivity index (χ2v) is 5.92. The standard InChI is InChI=1S/C17H18N8O/c1-4-24-11(2)12(10-19-24)14-5-7-18-16-9-13(21-25(14)16)17(26)20-15-6-8-23(3)22-15/h5-10H,4H2,1-3H3,(H,20,22,26). The van der Waals surface area contributed by atoms with Crippen LogP contribution in [0.1, 0.15) is 23.1 Å². The van der Waals surface area contributed by atoms with E-state index in [0.717, 1.165) is 23.5 Å². The van der Waals surface area contributed by atoms with Gasteiger partial charge in [0.1, 0.15) is 0 Å². The van der Waals surface area contributed by atoms with E-state index in [0.29, 0.717) is 11.5 Å². The third kappa shape index (κ3) is 2.63. The summed E-state index contributed by atoms with van der Waals surface area (Å²) in [7, 11) is 1.79. The zero-order chi connectivity index (χ0) is 18.3. The van der Waals surface area contributed by atoms with E-state index < -0.39 is 0 Å². The van der Waals surface area contributed by atoms with Gasteiger partial charge in [0.15, 0.2) is 17.2 Å². The van der Waals surface area contributed by atoms with Crippen LogP contribution in [-0.2, 0) is 13.6 Å². The van der Waals surface area contributed by atoms with Gasteiger partial charge in [0.2, 0.25) is 0 Å². The largest absolute Gasteiger partial charge is 0.304 e. The maximum absolute atomic E-state index is 12.5. The van der Waals surface area contributed by atoms with Crippen LogP contribution in [0.5, 0.6) is 0 Å². The molecule has 0 radical (unpaired) electrons. The smallest absolute Gasteiger partial charge is 0.277 e. The van der Waals surface area contributed by atoms with Gasteiger partial charge in [-0.15, -0.1) is 0 Å². The van der Waals surface area contributed by atoms with Gasteiger partial charge < -0.3 is 5.32 Å². The average molecular weight is 350 g/mol. The van der Waals surface area contributed by atoms with E-state index in [9.17, 15) is 4.79 Å². The molecular weight excluding hydrogens is 332 g/mol. The van der Waals surface area contributed by atoms with Crippen molar-refractivity contribution in [2.45, 2.75) is 20.4 Å². The molecule has 0 aliphatic heterocycles. The number of hydrogen-bond donors (Lipinski definition) is 1. The Morgan fingerprint density at radius 1 is 1.27 bits per heavy atom. The predicted octanol–water partition coefficient (Wildman–Crippen LogP) is 1.91. The first kappa shape index (κ1) is 16.0. The van der Waals surface area contributed by atoms with Crippen LogP contribution in [0.15, 0.2) is 36.8 Å². The molecule has 0 saturated carbocycles. The minimum Gasteiger partial charge on any atom is -0.304 e. The monoisotopic (exact) mass is 350 g/mol. The molecule has 0 fully saturated rings. The third-order valence-corrected chi connectivity index (χ3v) is 4.22. The highest BCUT2D eigenvalue weighted by atomic mass is 16.2. The molecule has 1 N–H and O–H groups in total. The molecule has 4 aromatic rings. The first-order chi connectivity index (χ1) is 12.6. The summed E-state index contributed by atoms with van der Waals surface area (Å²) in [5.74, 6) is 0.143. The van der Waals surface area contributed by atoms with Gasteiger partial charge in [0, 0.05) is 49.4 Å². The normalized spacial score (nSPS) is 11.2. The summed E-state index contributed by atoms with van der Waals surface area (Å²) < 4.78 is 5.20. The van der Waals surface area contributed by atoms with Crippen molar-refractivity contribution in [1.29, 1.82) is 0 Å². The molecule has 1 amide bonds. The molecule has 0 atom stereocenters. The van der Waals surface area contributed by atoms with Crippen molar-refractivity contribution in [3.8, 4) is 11.3 Å². The Morgan fingerprint density at radius 2 is 2.12 bits per heavy atom. The molecule has 0 bridgehead atoms. The van der Waals surface area contributed by atoms with Crippen molar-refractivity contribution in [3.05, 3.63) is 48.2 Å². The van der Waals surface area contributed by atoms with Gasteiger partial charge >= 0.3 is 0 Å². The summed E-state index contributed by atoms with van der Waals surface area (Å²) in [4.78, 5) is 16.8. The Kier molecular flexibility index (Phi) is 3.76. The summed E-state index contributed by atoms with van der Waals surface area (Å²) in [6, 6.07) is 5.24. The van der Waals surface area contributed by atoms with Crippen LogP contribution < -0.4 is 5.32 Å². The molecule has 0 aliphatic carbocycles. The molecule has 0 spiro atoms. The lowest BCUT2D eigenvalue weighted by Crippen LogP contribution is -2.13. The van der Waals surface area contributed by atoms with Crippen LogP contribution in [0, 0.1) is 6.92 Å². The van der Waals surface area contributed by atoms with Crippen molar-refractivity contribution < 1.29 is 4.79 Å². The van der Waals surface area contributed by atoms with Crippen molar-refractivity contribution >= 4 is 17.4 Å². The lowest BCUT2D eigenvalue weighted by Gasteiger charge is -2.04. The molecule has 26 heavy (non-hydrogen) atoms. The van der Waals surface area contributed by atoms with Crippen LogP contribution in [-0.4, -0.2) is 40.1 Å². The van der Waals surface area contributed by atoms with E-state index in [1.165, 1.54) is 0 Å². The molecule has 4 heterocycles. The van der Waals surface area contributed by atoms with Gasteiger partial charge in [-0.2, -0.15) is 15.3 Å². The third-order valence-electron chi connectivity index (χ3n) is 4.22. The molecule has 4 aromatic heterocycles. The number of nitrogens with zero attached hydrogens (tertiary/aromatic N) is 7. The van der Waals surface area contributed by atoms with Crippen LogP contribution in [0.4, 0.5) is 5.82 Å². The van der Waals surface area contributed by atoms with E-state index in [-0.39, 0.29) is 11.6 Å². The number of hydrogen-bond acceptors (Lipinski definition) is 5. The zero-order valence-corrected chi connectivity index (χ0v) is 14.7. The minimum atomic E-state index is -0.332. The van der Waals surface area contributed by atoms with Crippen LogP contribution in [0.2, 0.25) is 0 Å². The highest BCUT2D eigenvalue weighted by molar-refractivity contribution is 6.03. The number of amides is 1. The van der Waals surface area contributed by atoms with Crippen molar-refractivity contribution in [1.82, 2.24) is 34.2 Å². The Hall–Kier alpha value is -3.49. The fourth-order valence-electron chi connectivity index (χ4n) is 2.89. The van der Waals surface area contributed by atoms with Gasteiger partial charge in [-0.3, -0.25) is 14.2 Å². The second-order valence-electron chi connectivity index (χ2n) is 5.92. The fourth-order valence-corrected chi connectivity index (χ4v) is 2.89. The molecule has 0 saturated heterocycles. The summed E-state index contributed by atoms with van der Waals surface area (Å²) in [6.07, 6.45) is 5.27. The molecule has 132 valence electrons. The molecule has 9 heteroatoms. The Morgan fingerprint density at radius 3 is 2.81 bits per heavy atom. The molecule has 0 aliphatic rings. The van der Waals surface area contributed by atoms with Crippen molar-refractivity contribution in [3.63, 3.8) is 0 Å². The Balaban J connectivity index is 1.73. The number of aromatic nitrogens is 7. The van der Waals surface area contributed by atoms with Gasteiger partial charge in [0.25, 0.3) is 5.91 Å². The zero-order valence-electron chi connectivity index (χ0n) is 14.7. The van der Waals surface area contributed by atoms with Gasteiger partial charge in [-0.1, -0.05) is 0 Å². The average Bonchev–Trinajstić information content (AvgIpc) is 3.32. The molecular formula is C17H18N8O. The van der Waals surface area contributed by atoms with Crippen molar-refractivity contribution in [2.75, 3.05) is 5.32 Å². The van der Waals surface area contributed by atoms with Crippen molar-refractivity contribution in [2.24, 2.45) is 7.05 Å². The second kappa shape index (κ2) is 6.10. The molecule has 0 unspecified atom stereocenters. The SMILES string of the molecule is CCn1ncc(-c2ccnc3cc(C(=O)Nc4ccn(C)n4)nn23)c1C. The topological polar surface area (TPSA) is 94.9 Å². The lowest BCUT2D eigenvalue weighted by atomic mass is 10.2. The first-order valence-electron chi connectivity index (χ1n) is 8.25.